The van der Waals surface area contributed by atoms with E-state index in [9.17, 15) is 29.1 Å². The van der Waals surface area contributed by atoms with Gasteiger partial charge in [-0.15, -0.1) is 0 Å². The minimum absolute atomic E-state index is 0.166. The van der Waals surface area contributed by atoms with Crippen LogP contribution in [-0.2, 0) is 25.6 Å². The summed E-state index contributed by atoms with van der Waals surface area (Å²) in [7, 11) is 0. The van der Waals surface area contributed by atoms with Crippen molar-refractivity contribution in [3.05, 3.63) is 59.9 Å². The lowest BCUT2D eigenvalue weighted by Crippen LogP contribution is -2.56. The normalized spacial score (nSPS) is 13.9. The van der Waals surface area contributed by atoms with Gasteiger partial charge < -0.3 is 37.1 Å². The Morgan fingerprint density at radius 1 is 0.842 bits per heavy atom. The Labute approximate surface area is 221 Å². The summed E-state index contributed by atoms with van der Waals surface area (Å²) in [5.74, 6) is -2.99. The van der Waals surface area contributed by atoms with Crippen molar-refractivity contribution in [2.24, 2.45) is 5.73 Å². The maximum absolute atomic E-state index is 13.0. The quantitative estimate of drug-likeness (QED) is 0.163. The highest BCUT2D eigenvalue weighted by molar-refractivity contribution is 5.97. The highest BCUT2D eigenvalue weighted by Crippen LogP contribution is 2.08. The Balaban J connectivity index is 2.07. The van der Waals surface area contributed by atoms with E-state index >= 15 is 0 Å². The lowest BCUT2D eigenvalue weighted by Gasteiger charge is -2.25. The van der Waals surface area contributed by atoms with E-state index < -0.39 is 60.3 Å². The third-order valence-electron chi connectivity index (χ3n) is 5.88. The van der Waals surface area contributed by atoms with Gasteiger partial charge in [0, 0.05) is 18.7 Å². The van der Waals surface area contributed by atoms with Gasteiger partial charge in [0.25, 0.3) is 5.91 Å². The number of aromatic nitrogens is 1. The second kappa shape index (κ2) is 15.2. The molecule has 0 saturated heterocycles. The van der Waals surface area contributed by atoms with E-state index in [2.05, 4.69) is 26.3 Å². The first-order valence-electron chi connectivity index (χ1n) is 12.5. The molecule has 1 aromatic heterocycles. The molecule has 0 radical (unpaired) electrons. The van der Waals surface area contributed by atoms with Crippen molar-refractivity contribution in [1.29, 1.82) is 0 Å². The summed E-state index contributed by atoms with van der Waals surface area (Å²) >= 11 is 0. The molecular formula is C26H36N6O6. The first kappa shape index (κ1) is 30.0. The zero-order valence-electron chi connectivity index (χ0n) is 21.5. The van der Waals surface area contributed by atoms with Gasteiger partial charge in [0.15, 0.2) is 0 Å². The topological polar surface area (TPSA) is 196 Å². The standard InChI is InChI=1S/C26H36N6O6/c1-3-18(23(27)35)30-22(34)14-17(13-16-9-6-5-7-10-16)29-26(38)21(15-33)32-24(36)19(4-2)31-25(37)20-11-8-12-28-20/h5-12,17-19,21,28,33H,3-4,13-15H2,1-2H3,(H2,27,35)(H,29,38)(H,30,34)(H,31,37)(H,32,36)/t17-,18-,19-,21-/m0/s1. The van der Waals surface area contributed by atoms with Crippen molar-refractivity contribution in [1.82, 2.24) is 26.3 Å². The van der Waals surface area contributed by atoms with Crippen molar-refractivity contribution in [2.75, 3.05) is 6.61 Å². The summed E-state index contributed by atoms with van der Waals surface area (Å²) in [4.78, 5) is 65.0. The number of nitrogens with two attached hydrogens (primary N) is 1. The van der Waals surface area contributed by atoms with Gasteiger partial charge in [-0.3, -0.25) is 24.0 Å². The van der Waals surface area contributed by atoms with E-state index in [1.807, 2.05) is 30.3 Å². The molecule has 8 N–H and O–H groups in total. The Morgan fingerprint density at radius 3 is 2.05 bits per heavy atom. The predicted molar refractivity (Wildman–Crippen MR) is 139 cm³/mol. The summed E-state index contributed by atoms with van der Waals surface area (Å²) in [5, 5.41) is 20.1. The van der Waals surface area contributed by atoms with Crippen LogP contribution in [0.4, 0.5) is 0 Å². The number of carbonyl (C=O) groups excluding carboxylic acids is 5. The van der Waals surface area contributed by atoms with Crippen molar-refractivity contribution in [2.45, 2.75) is 63.7 Å². The van der Waals surface area contributed by atoms with Gasteiger partial charge in [0.1, 0.15) is 23.8 Å². The van der Waals surface area contributed by atoms with Crippen LogP contribution in [-0.4, -0.2) is 70.4 Å². The molecule has 0 aliphatic carbocycles. The number of benzene rings is 1. The van der Waals surface area contributed by atoms with Gasteiger partial charge in [0.05, 0.1) is 6.61 Å². The third-order valence-corrected chi connectivity index (χ3v) is 5.88. The van der Waals surface area contributed by atoms with E-state index in [0.29, 0.717) is 6.42 Å². The molecule has 0 spiro atoms. The fourth-order valence-electron chi connectivity index (χ4n) is 3.75. The molecule has 5 amide bonds. The average molecular weight is 529 g/mol. The van der Waals surface area contributed by atoms with Crippen LogP contribution >= 0.6 is 0 Å². The van der Waals surface area contributed by atoms with Crippen molar-refractivity contribution in [3.8, 4) is 0 Å². The largest absolute Gasteiger partial charge is 0.394 e. The first-order valence-corrected chi connectivity index (χ1v) is 12.5. The van der Waals surface area contributed by atoms with E-state index in [4.69, 9.17) is 5.73 Å². The van der Waals surface area contributed by atoms with Crippen LogP contribution in [0.1, 0.15) is 49.2 Å². The lowest BCUT2D eigenvalue weighted by atomic mass is 10.0. The lowest BCUT2D eigenvalue weighted by molar-refractivity contribution is -0.132. The summed E-state index contributed by atoms with van der Waals surface area (Å²) in [6.07, 6.45) is 2.25. The average Bonchev–Trinajstić information content (AvgIpc) is 3.44. The van der Waals surface area contributed by atoms with Gasteiger partial charge in [-0.2, -0.15) is 0 Å². The number of H-pyrrole nitrogens is 1. The Bertz CT molecular complexity index is 1080. The molecule has 0 aliphatic rings. The predicted octanol–water partition coefficient (Wildman–Crippen LogP) is -0.502. The highest BCUT2D eigenvalue weighted by Gasteiger charge is 2.28. The van der Waals surface area contributed by atoms with Gasteiger partial charge in [0.2, 0.25) is 23.6 Å². The Morgan fingerprint density at radius 2 is 1.50 bits per heavy atom. The van der Waals surface area contributed by atoms with Crippen molar-refractivity contribution in [3.63, 3.8) is 0 Å². The third kappa shape index (κ3) is 9.36. The van der Waals surface area contributed by atoms with E-state index in [-0.39, 0.29) is 25.0 Å². The minimum Gasteiger partial charge on any atom is -0.394 e. The van der Waals surface area contributed by atoms with Crippen LogP contribution in [0.25, 0.3) is 0 Å². The van der Waals surface area contributed by atoms with Crippen LogP contribution in [0.2, 0.25) is 0 Å². The molecule has 38 heavy (non-hydrogen) atoms. The van der Waals surface area contributed by atoms with Crippen LogP contribution in [0.15, 0.2) is 48.7 Å². The Kier molecular flexibility index (Phi) is 12.0. The zero-order valence-corrected chi connectivity index (χ0v) is 21.5. The Hall–Kier alpha value is -4.19. The summed E-state index contributed by atoms with van der Waals surface area (Å²) in [6.45, 7) is 2.69. The fourth-order valence-corrected chi connectivity index (χ4v) is 3.75. The van der Waals surface area contributed by atoms with Crippen LogP contribution in [0, 0.1) is 0 Å². The van der Waals surface area contributed by atoms with Gasteiger partial charge in [-0.05, 0) is 37.0 Å². The van der Waals surface area contributed by atoms with E-state index in [1.54, 1.807) is 32.2 Å². The summed E-state index contributed by atoms with van der Waals surface area (Å²) < 4.78 is 0. The zero-order chi connectivity index (χ0) is 28.1. The minimum atomic E-state index is -1.32. The number of nitrogens with one attached hydrogen (secondary N) is 5. The number of hydrogen-bond acceptors (Lipinski definition) is 6. The molecule has 0 saturated carbocycles. The molecule has 0 bridgehead atoms. The smallest absolute Gasteiger partial charge is 0.268 e. The van der Waals surface area contributed by atoms with Crippen molar-refractivity contribution < 1.29 is 29.1 Å². The molecule has 2 aromatic rings. The van der Waals surface area contributed by atoms with Gasteiger partial charge in [-0.1, -0.05) is 44.2 Å². The molecule has 4 atom stereocenters. The number of carbonyl (C=O) groups is 5. The molecule has 0 fully saturated rings. The SMILES string of the molecule is CC[C@H](NC(=O)C[C@H](Cc1ccccc1)NC(=O)[C@H](CO)NC(=O)[C@H](CC)NC(=O)c1ccc[nH]1)C(N)=O. The number of amides is 5. The van der Waals surface area contributed by atoms with E-state index in [0.717, 1.165) is 5.56 Å². The molecule has 0 aliphatic heterocycles. The number of aromatic amines is 1. The first-order chi connectivity index (χ1) is 18.2. The van der Waals surface area contributed by atoms with Crippen molar-refractivity contribution >= 4 is 29.5 Å². The van der Waals surface area contributed by atoms with E-state index in [1.165, 1.54) is 0 Å². The molecular weight excluding hydrogens is 492 g/mol. The molecule has 2 rings (SSSR count). The fraction of sp³-hybridized carbons (Fsp3) is 0.423. The van der Waals surface area contributed by atoms with Crippen LogP contribution < -0.4 is 27.0 Å². The molecule has 1 heterocycles. The monoisotopic (exact) mass is 528 g/mol. The van der Waals surface area contributed by atoms with Crippen LogP contribution in [0.5, 0.6) is 0 Å². The maximum atomic E-state index is 13.0. The number of rotatable bonds is 15. The summed E-state index contributed by atoms with van der Waals surface area (Å²) in [5.41, 5.74) is 6.43. The highest BCUT2D eigenvalue weighted by atomic mass is 16.3. The molecule has 0 unspecified atom stereocenters. The molecule has 206 valence electrons. The molecule has 12 nitrogen and oxygen atoms in total. The van der Waals surface area contributed by atoms with Crippen LogP contribution in [0.3, 0.4) is 0 Å². The molecule has 1 aromatic carbocycles. The second-order valence-corrected chi connectivity index (χ2v) is 8.79. The van der Waals surface area contributed by atoms with Gasteiger partial charge >= 0.3 is 0 Å². The molecule has 12 heteroatoms. The second-order valence-electron chi connectivity index (χ2n) is 8.79. The number of aliphatic hydroxyl groups is 1. The van der Waals surface area contributed by atoms with Gasteiger partial charge in [-0.25, -0.2) is 0 Å². The maximum Gasteiger partial charge on any atom is 0.268 e. The number of hydrogen-bond donors (Lipinski definition) is 7. The number of primary amides is 1. The summed E-state index contributed by atoms with van der Waals surface area (Å²) in [6, 6.07) is 8.51. The number of aliphatic hydroxyl groups excluding tert-OH is 1.